The highest BCUT2D eigenvalue weighted by Crippen LogP contribution is 2.25. The summed E-state index contributed by atoms with van der Waals surface area (Å²) in [7, 11) is 0. The number of rotatable bonds is 1. The van der Waals surface area contributed by atoms with Crippen molar-refractivity contribution in [3.05, 3.63) is 0 Å². The van der Waals surface area contributed by atoms with Gasteiger partial charge in [0, 0.05) is 12.1 Å². The summed E-state index contributed by atoms with van der Waals surface area (Å²) in [6, 6.07) is -0.427. The van der Waals surface area contributed by atoms with E-state index in [1.807, 2.05) is 19.2 Å². The number of piperidine rings is 1. The molecule has 0 radical (unpaired) electrons. The van der Waals surface area contributed by atoms with E-state index in [1.165, 1.54) is 0 Å². The lowest BCUT2D eigenvalue weighted by molar-refractivity contribution is -0.154. The summed E-state index contributed by atoms with van der Waals surface area (Å²) >= 11 is 0. The van der Waals surface area contributed by atoms with Gasteiger partial charge in [0.25, 0.3) is 0 Å². The van der Waals surface area contributed by atoms with Gasteiger partial charge in [-0.25, -0.2) is 9.80 Å². The van der Waals surface area contributed by atoms with E-state index in [2.05, 4.69) is 0 Å². The maximum atomic E-state index is 11.6. The molecule has 2 fully saturated rings. The van der Waals surface area contributed by atoms with Crippen molar-refractivity contribution in [2.24, 2.45) is 0 Å². The number of amides is 4. The monoisotopic (exact) mass is 225 g/mol. The molecule has 0 saturated carbocycles. The van der Waals surface area contributed by atoms with E-state index in [0.29, 0.717) is 0 Å². The van der Waals surface area contributed by atoms with Crippen molar-refractivity contribution in [1.29, 1.82) is 0 Å². The molecular formula is C10H15N3O3. The fourth-order valence-electron chi connectivity index (χ4n) is 2.40. The zero-order valence-electron chi connectivity index (χ0n) is 9.40. The van der Waals surface area contributed by atoms with E-state index in [4.69, 9.17) is 0 Å². The van der Waals surface area contributed by atoms with Crippen molar-refractivity contribution in [1.82, 2.24) is 15.3 Å². The molecular weight excluding hydrogens is 210 g/mol. The van der Waals surface area contributed by atoms with Crippen molar-refractivity contribution in [2.45, 2.75) is 45.2 Å². The van der Waals surface area contributed by atoms with Crippen LogP contribution in [0.3, 0.4) is 0 Å². The summed E-state index contributed by atoms with van der Waals surface area (Å²) in [5.41, 5.74) is 0. The Morgan fingerprint density at radius 2 is 1.69 bits per heavy atom. The quantitative estimate of drug-likeness (QED) is 0.512. The van der Waals surface area contributed by atoms with Crippen LogP contribution in [0, 0.1) is 0 Å². The maximum Gasteiger partial charge on any atom is 0.346 e. The first kappa shape index (κ1) is 11.1. The first-order chi connectivity index (χ1) is 7.52. The second kappa shape index (κ2) is 3.86. The van der Waals surface area contributed by atoms with Crippen LogP contribution < -0.4 is 5.32 Å². The molecule has 2 atom stereocenters. The lowest BCUT2D eigenvalue weighted by Crippen LogP contribution is -2.56. The Morgan fingerprint density at radius 3 is 2.12 bits per heavy atom. The Bertz CT molecular complexity index is 345. The van der Waals surface area contributed by atoms with Crippen LogP contribution in [0.2, 0.25) is 0 Å². The van der Waals surface area contributed by atoms with Crippen molar-refractivity contribution in [2.75, 3.05) is 0 Å². The number of carbonyl (C=O) groups is 3. The van der Waals surface area contributed by atoms with Gasteiger partial charge in [-0.15, -0.1) is 0 Å². The lowest BCUT2D eigenvalue weighted by Gasteiger charge is -2.41. The van der Waals surface area contributed by atoms with E-state index in [1.54, 1.807) is 5.01 Å². The molecule has 2 unspecified atom stereocenters. The Labute approximate surface area is 93.5 Å². The van der Waals surface area contributed by atoms with Gasteiger partial charge >= 0.3 is 17.8 Å². The predicted octanol–water partition coefficient (Wildman–Crippen LogP) is 0.243. The number of hydrogen-bond acceptors (Lipinski definition) is 4. The lowest BCUT2D eigenvalue weighted by atomic mass is 9.99. The molecule has 88 valence electrons. The minimum Gasteiger partial charge on any atom is -0.268 e. The highest BCUT2D eigenvalue weighted by atomic mass is 16.2. The highest BCUT2D eigenvalue weighted by Gasteiger charge is 2.44. The Kier molecular flexibility index (Phi) is 2.67. The second-order valence-corrected chi connectivity index (χ2v) is 4.39. The van der Waals surface area contributed by atoms with Gasteiger partial charge in [0.1, 0.15) is 0 Å². The van der Waals surface area contributed by atoms with Gasteiger partial charge in [0.15, 0.2) is 0 Å². The third-order valence-electron chi connectivity index (χ3n) is 3.18. The van der Waals surface area contributed by atoms with E-state index in [-0.39, 0.29) is 12.1 Å². The number of imide groups is 2. The molecule has 1 N–H and O–H groups in total. The van der Waals surface area contributed by atoms with Gasteiger partial charge in [-0.05, 0) is 26.7 Å². The number of nitrogens with one attached hydrogen (secondary N) is 1. The summed E-state index contributed by atoms with van der Waals surface area (Å²) < 4.78 is 0. The summed E-state index contributed by atoms with van der Waals surface area (Å²) in [5.74, 6) is -1.61. The predicted molar refractivity (Wildman–Crippen MR) is 55.0 cm³/mol. The maximum absolute atomic E-state index is 11.6. The summed E-state index contributed by atoms with van der Waals surface area (Å²) in [6.07, 6.45) is 2.93. The molecule has 0 aromatic heterocycles. The van der Waals surface area contributed by atoms with Gasteiger partial charge in [-0.1, -0.05) is 6.42 Å². The molecule has 16 heavy (non-hydrogen) atoms. The molecule has 0 bridgehead atoms. The fourth-order valence-corrected chi connectivity index (χ4v) is 2.40. The summed E-state index contributed by atoms with van der Waals surface area (Å²) in [6.45, 7) is 3.91. The Hall–Kier alpha value is -1.43. The van der Waals surface area contributed by atoms with E-state index in [9.17, 15) is 14.4 Å². The molecule has 2 rings (SSSR count). The first-order valence-electron chi connectivity index (χ1n) is 5.50. The van der Waals surface area contributed by atoms with Gasteiger partial charge in [0.2, 0.25) is 0 Å². The molecule has 0 aliphatic carbocycles. The fraction of sp³-hybridized carbons (Fsp3) is 0.700. The largest absolute Gasteiger partial charge is 0.346 e. The summed E-state index contributed by atoms with van der Waals surface area (Å²) in [5, 5.41) is 4.68. The smallest absolute Gasteiger partial charge is 0.268 e. The normalized spacial score (nSPS) is 32.1. The van der Waals surface area contributed by atoms with Gasteiger partial charge in [-0.3, -0.25) is 14.9 Å². The zero-order chi connectivity index (χ0) is 11.9. The molecule has 6 heteroatoms. The van der Waals surface area contributed by atoms with Crippen molar-refractivity contribution in [3.8, 4) is 0 Å². The van der Waals surface area contributed by atoms with Crippen LogP contribution in [0.4, 0.5) is 4.79 Å². The number of nitrogens with zero attached hydrogens (tertiary/aromatic N) is 2. The number of hydrogen-bond donors (Lipinski definition) is 1. The van der Waals surface area contributed by atoms with E-state index >= 15 is 0 Å². The molecule has 0 aromatic carbocycles. The second-order valence-electron chi connectivity index (χ2n) is 4.39. The summed E-state index contributed by atoms with van der Waals surface area (Å²) in [4.78, 5) is 34.2. The standard InChI is InChI=1S/C10H15N3O3/c1-6-4-3-5-7(2)12(6)13-9(15)8(14)11-10(13)16/h6-7H,3-5H2,1-2H3,(H,11,14,16). The average molecular weight is 225 g/mol. The topological polar surface area (TPSA) is 69.7 Å². The first-order valence-corrected chi connectivity index (χ1v) is 5.50. The highest BCUT2D eigenvalue weighted by molar-refractivity contribution is 6.44. The van der Waals surface area contributed by atoms with Gasteiger partial charge < -0.3 is 0 Å². The third kappa shape index (κ3) is 1.59. The van der Waals surface area contributed by atoms with Crippen LogP contribution in [-0.4, -0.2) is 39.9 Å². The number of carbonyl (C=O) groups excluding carboxylic acids is 3. The van der Waals surface area contributed by atoms with Crippen LogP contribution >= 0.6 is 0 Å². The molecule has 2 aliphatic rings. The minimum atomic E-state index is -0.838. The van der Waals surface area contributed by atoms with Crippen LogP contribution in [0.1, 0.15) is 33.1 Å². The van der Waals surface area contributed by atoms with Gasteiger partial charge in [-0.2, -0.15) is 5.01 Å². The Balaban J connectivity index is 2.25. The average Bonchev–Trinajstić information content (AvgIpc) is 2.44. The number of hydrazine groups is 1. The number of urea groups is 1. The van der Waals surface area contributed by atoms with Crippen molar-refractivity contribution >= 4 is 17.8 Å². The molecule has 0 aromatic rings. The van der Waals surface area contributed by atoms with Crippen LogP contribution in [-0.2, 0) is 9.59 Å². The molecule has 6 nitrogen and oxygen atoms in total. The third-order valence-corrected chi connectivity index (χ3v) is 3.18. The van der Waals surface area contributed by atoms with E-state index in [0.717, 1.165) is 24.3 Å². The van der Waals surface area contributed by atoms with Crippen molar-refractivity contribution < 1.29 is 14.4 Å². The van der Waals surface area contributed by atoms with Crippen LogP contribution in [0.5, 0.6) is 0 Å². The molecule has 4 amide bonds. The van der Waals surface area contributed by atoms with Crippen LogP contribution in [0.15, 0.2) is 0 Å². The van der Waals surface area contributed by atoms with Crippen molar-refractivity contribution in [3.63, 3.8) is 0 Å². The SMILES string of the molecule is CC1CCCC(C)N1N1C(=O)NC(=O)C1=O. The zero-order valence-corrected chi connectivity index (χ0v) is 9.40. The minimum absolute atomic E-state index is 0.101. The molecule has 0 spiro atoms. The molecule has 2 heterocycles. The van der Waals surface area contributed by atoms with E-state index < -0.39 is 17.8 Å². The van der Waals surface area contributed by atoms with Crippen LogP contribution in [0.25, 0.3) is 0 Å². The Morgan fingerprint density at radius 1 is 1.12 bits per heavy atom. The van der Waals surface area contributed by atoms with Gasteiger partial charge in [0.05, 0.1) is 0 Å². The molecule has 2 saturated heterocycles. The molecule has 2 aliphatic heterocycles.